The Bertz CT molecular complexity index is 872. The van der Waals surface area contributed by atoms with Crippen LogP contribution in [0, 0.1) is 0 Å². The lowest BCUT2D eigenvalue weighted by molar-refractivity contribution is 0.0803. The van der Waals surface area contributed by atoms with Crippen LogP contribution in [-0.4, -0.2) is 47.5 Å². The van der Waals surface area contributed by atoms with Gasteiger partial charge in [-0.15, -0.1) is 5.10 Å². The fourth-order valence-corrected chi connectivity index (χ4v) is 2.86. The minimum absolute atomic E-state index is 0.368. The van der Waals surface area contributed by atoms with Crippen molar-refractivity contribution in [1.82, 2.24) is 19.7 Å². The van der Waals surface area contributed by atoms with Crippen molar-refractivity contribution in [1.29, 1.82) is 0 Å². The van der Waals surface area contributed by atoms with Crippen LogP contribution in [0.1, 0.15) is 12.5 Å². The Hall–Kier alpha value is -2.70. The van der Waals surface area contributed by atoms with Gasteiger partial charge in [0, 0.05) is 24.3 Å². The largest absolute Gasteiger partial charge is 0.497 e. The van der Waals surface area contributed by atoms with Gasteiger partial charge in [-0.1, -0.05) is 18.2 Å². The molecular weight excluding hydrogens is 340 g/mol. The molecule has 1 heterocycles. The van der Waals surface area contributed by atoms with Crippen LogP contribution in [0.3, 0.4) is 0 Å². The van der Waals surface area contributed by atoms with Crippen molar-refractivity contribution < 1.29 is 9.47 Å². The maximum absolute atomic E-state index is 5.59. The summed E-state index contributed by atoms with van der Waals surface area (Å²) in [6.07, 6.45) is 0. The Morgan fingerprint density at radius 2 is 1.81 bits per heavy atom. The maximum atomic E-state index is 5.59. The number of nitrogens with zero attached hydrogens (tertiary/aromatic N) is 4. The number of hydrogen-bond donors (Lipinski definition) is 0. The molecule has 27 heavy (non-hydrogen) atoms. The molecule has 0 radical (unpaired) electrons. The predicted octanol–water partition coefficient (Wildman–Crippen LogP) is 3.68. The molecule has 0 N–H and O–H groups in total. The summed E-state index contributed by atoms with van der Waals surface area (Å²) in [5.41, 5.74) is 3.20. The van der Waals surface area contributed by atoms with E-state index in [2.05, 4.69) is 48.4 Å². The van der Waals surface area contributed by atoms with E-state index in [1.54, 1.807) is 7.11 Å². The second-order valence-corrected chi connectivity index (χ2v) is 6.55. The van der Waals surface area contributed by atoms with Crippen LogP contribution < -0.4 is 4.74 Å². The molecule has 142 valence electrons. The summed E-state index contributed by atoms with van der Waals surface area (Å²) < 4.78 is 12.6. The molecule has 3 aromatic rings. The molecule has 0 bridgehead atoms. The van der Waals surface area contributed by atoms with Crippen LogP contribution in [0.25, 0.3) is 22.8 Å². The maximum Gasteiger partial charge on any atom is 0.181 e. The van der Waals surface area contributed by atoms with Gasteiger partial charge in [0.25, 0.3) is 0 Å². The Morgan fingerprint density at radius 3 is 2.48 bits per heavy atom. The molecule has 0 fully saturated rings. The third-order valence-corrected chi connectivity index (χ3v) is 4.12. The van der Waals surface area contributed by atoms with E-state index >= 15 is 0 Å². The van der Waals surface area contributed by atoms with Crippen LogP contribution in [-0.2, 0) is 18.0 Å². The van der Waals surface area contributed by atoms with E-state index in [9.17, 15) is 0 Å². The Morgan fingerprint density at radius 1 is 1.04 bits per heavy atom. The molecule has 0 spiro atoms. The fourth-order valence-electron chi connectivity index (χ4n) is 2.86. The highest BCUT2D eigenvalue weighted by molar-refractivity contribution is 5.62. The van der Waals surface area contributed by atoms with Gasteiger partial charge in [0.1, 0.15) is 12.5 Å². The number of aromatic nitrogens is 3. The Kier molecular flexibility index (Phi) is 6.21. The van der Waals surface area contributed by atoms with Crippen LogP contribution in [0.5, 0.6) is 5.75 Å². The quantitative estimate of drug-likeness (QED) is 0.609. The zero-order chi connectivity index (χ0) is 19.2. The lowest BCUT2D eigenvalue weighted by Gasteiger charge is -2.11. The zero-order valence-corrected chi connectivity index (χ0v) is 16.3. The number of benzene rings is 2. The molecule has 6 heteroatoms. The smallest absolute Gasteiger partial charge is 0.181 e. The van der Waals surface area contributed by atoms with Gasteiger partial charge in [-0.3, -0.25) is 0 Å². The average molecular weight is 366 g/mol. The highest BCUT2D eigenvalue weighted by Gasteiger charge is 2.14. The monoisotopic (exact) mass is 366 g/mol. The van der Waals surface area contributed by atoms with E-state index in [0.29, 0.717) is 19.2 Å². The zero-order valence-electron chi connectivity index (χ0n) is 16.3. The first kappa shape index (κ1) is 19.1. The summed E-state index contributed by atoms with van der Waals surface area (Å²) in [5, 5.41) is 4.67. The van der Waals surface area contributed by atoms with Crippen molar-refractivity contribution in [3.63, 3.8) is 0 Å². The molecule has 0 saturated heterocycles. The van der Waals surface area contributed by atoms with Gasteiger partial charge < -0.3 is 14.4 Å². The first-order valence-corrected chi connectivity index (χ1v) is 9.01. The molecule has 0 aliphatic heterocycles. The van der Waals surface area contributed by atoms with E-state index in [-0.39, 0.29) is 0 Å². The topological polar surface area (TPSA) is 52.4 Å². The Labute approximate surface area is 160 Å². The number of ether oxygens (including phenoxy) is 2. The summed E-state index contributed by atoms with van der Waals surface area (Å²) in [4.78, 5) is 6.94. The van der Waals surface area contributed by atoms with E-state index in [1.165, 1.54) is 5.56 Å². The number of hydrogen-bond acceptors (Lipinski definition) is 5. The number of rotatable bonds is 8. The fraction of sp³-hybridized carbons (Fsp3) is 0.333. The number of methoxy groups -OCH3 is 1. The van der Waals surface area contributed by atoms with Gasteiger partial charge in [-0.2, -0.15) is 0 Å². The Balaban J connectivity index is 1.98. The molecule has 0 atom stereocenters. The molecule has 6 nitrogen and oxygen atoms in total. The third kappa shape index (κ3) is 4.72. The van der Waals surface area contributed by atoms with E-state index < -0.39 is 0 Å². The molecule has 0 amide bonds. The molecular formula is C21H26N4O2. The lowest BCUT2D eigenvalue weighted by atomic mass is 10.1. The normalized spacial score (nSPS) is 11.1. The van der Waals surface area contributed by atoms with Crippen LogP contribution in [0.4, 0.5) is 0 Å². The van der Waals surface area contributed by atoms with Crippen molar-refractivity contribution in [2.24, 2.45) is 0 Å². The third-order valence-electron chi connectivity index (χ3n) is 4.12. The standard InChI is InChI=1S/C21H26N4O2/c1-5-27-15-25-21(18-8-6-7-16(13-18)14-24(2)3)22-20(23-25)17-9-11-19(26-4)12-10-17/h6-13H,5,14-15H2,1-4H3. The minimum Gasteiger partial charge on any atom is -0.497 e. The van der Waals surface area contributed by atoms with Gasteiger partial charge in [-0.05, 0) is 56.9 Å². The molecule has 0 saturated carbocycles. The molecule has 0 unspecified atom stereocenters. The van der Waals surface area contributed by atoms with Crippen molar-refractivity contribution in [2.45, 2.75) is 20.2 Å². The van der Waals surface area contributed by atoms with Crippen molar-refractivity contribution in [3.8, 4) is 28.5 Å². The average Bonchev–Trinajstić information content (AvgIpc) is 3.10. The van der Waals surface area contributed by atoms with Crippen LogP contribution in [0.2, 0.25) is 0 Å². The van der Waals surface area contributed by atoms with Crippen LogP contribution in [0.15, 0.2) is 48.5 Å². The molecule has 0 aliphatic rings. The summed E-state index contributed by atoms with van der Waals surface area (Å²) in [5.74, 6) is 2.28. The summed E-state index contributed by atoms with van der Waals surface area (Å²) in [6.45, 7) is 3.84. The highest BCUT2D eigenvalue weighted by Crippen LogP contribution is 2.25. The molecule has 0 aliphatic carbocycles. The van der Waals surface area contributed by atoms with E-state index in [0.717, 1.165) is 29.2 Å². The summed E-state index contributed by atoms with van der Waals surface area (Å²) in [7, 11) is 5.78. The van der Waals surface area contributed by atoms with Crippen molar-refractivity contribution in [3.05, 3.63) is 54.1 Å². The molecule has 3 rings (SSSR count). The van der Waals surface area contributed by atoms with Gasteiger partial charge in [-0.25, -0.2) is 9.67 Å². The first-order chi connectivity index (χ1) is 13.1. The van der Waals surface area contributed by atoms with E-state index in [4.69, 9.17) is 14.5 Å². The predicted molar refractivity (Wildman–Crippen MR) is 106 cm³/mol. The van der Waals surface area contributed by atoms with Gasteiger partial charge in [0.05, 0.1) is 7.11 Å². The second-order valence-electron chi connectivity index (χ2n) is 6.55. The second kappa shape index (κ2) is 8.79. The SMILES string of the molecule is CCOCn1nc(-c2ccc(OC)cc2)nc1-c1cccc(CN(C)C)c1. The van der Waals surface area contributed by atoms with Gasteiger partial charge >= 0.3 is 0 Å². The first-order valence-electron chi connectivity index (χ1n) is 9.01. The molecule has 2 aromatic carbocycles. The van der Waals surface area contributed by atoms with Crippen molar-refractivity contribution in [2.75, 3.05) is 27.8 Å². The summed E-state index contributed by atoms with van der Waals surface area (Å²) in [6, 6.07) is 16.1. The highest BCUT2D eigenvalue weighted by atomic mass is 16.5. The molecule has 1 aromatic heterocycles. The summed E-state index contributed by atoms with van der Waals surface area (Å²) >= 11 is 0. The van der Waals surface area contributed by atoms with Gasteiger partial charge in [0.2, 0.25) is 0 Å². The van der Waals surface area contributed by atoms with E-state index in [1.807, 2.05) is 35.9 Å². The van der Waals surface area contributed by atoms with Gasteiger partial charge in [0.15, 0.2) is 11.6 Å². The van der Waals surface area contributed by atoms with Crippen molar-refractivity contribution >= 4 is 0 Å². The minimum atomic E-state index is 0.368. The lowest BCUT2D eigenvalue weighted by Crippen LogP contribution is -2.11. The van der Waals surface area contributed by atoms with Crippen LogP contribution >= 0.6 is 0 Å².